The molecule has 98 valence electrons. The van der Waals surface area contributed by atoms with E-state index in [1.54, 1.807) is 11.8 Å². The normalized spacial score (nSPS) is 14.6. The number of benzene rings is 1. The number of nitrogens with zero attached hydrogens (tertiary/aromatic N) is 3. The molecule has 0 spiro atoms. The summed E-state index contributed by atoms with van der Waals surface area (Å²) in [6, 6.07) is 10.4. The van der Waals surface area contributed by atoms with E-state index in [0.29, 0.717) is 5.92 Å². The van der Waals surface area contributed by atoms with E-state index in [4.69, 9.17) is 0 Å². The zero-order valence-corrected chi connectivity index (χ0v) is 11.9. The molecule has 1 aromatic heterocycles. The third-order valence-electron chi connectivity index (χ3n) is 3.06. The molecule has 1 fully saturated rings. The molecule has 1 aliphatic carbocycles. The smallest absolute Gasteiger partial charge is 0.196 e. The maximum Gasteiger partial charge on any atom is 0.196 e. The zero-order chi connectivity index (χ0) is 13.2. The van der Waals surface area contributed by atoms with Gasteiger partial charge in [0.05, 0.1) is 0 Å². The molecular formula is C15H17N3S. The molecule has 0 radical (unpaired) electrons. The standard InChI is InChI=1S/C15H17N3S/c1-11(2)10-19-15-17-16-14(12-8-9-12)18(15)13-6-4-3-5-7-13/h3-7,12H,1,8-10H2,2H3. The maximum atomic E-state index is 4.39. The molecular weight excluding hydrogens is 254 g/mol. The predicted octanol–water partition coefficient (Wildman–Crippen LogP) is 3.81. The van der Waals surface area contributed by atoms with Gasteiger partial charge < -0.3 is 0 Å². The lowest BCUT2D eigenvalue weighted by Gasteiger charge is -2.09. The zero-order valence-electron chi connectivity index (χ0n) is 11.0. The summed E-state index contributed by atoms with van der Waals surface area (Å²) in [4.78, 5) is 0. The lowest BCUT2D eigenvalue weighted by atomic mass is 10.3. The van der Waals surface area contributed by atoms with Crippen LogP contribution in [0.2, 0.25) is 0 Å². The van der Waals surface area contributed by atoms with Gasteiger partial charge in [0.25, 0.3) is 0 Å². The van der Waals surface area contributed by atoms with Crippen LogP contribution in [-0.2, 0) is 0 Å². The second kappa shape index (κ2) is 5.21. The van der Waals surface area contributed by atoms with Crippen molar-refractivity contribution in [1.82, 2.24) is 14.8 Å². The van der Waals surface area contributed by atoms with Crippen molar-refractivity contribution < 1.29 is 0 Å². The molecule has 19 heavy (non-hydrogen) atoms. The average molecular weight is 271 g/mol. The van der Waals surface area contributed by atoms with Crippen molar-refractivity contribution in [3.05, 3.63) is 48.3 Å². The number of aromatic nitrogens is 3. The molecule has 0 unspecified atom stereocenters. The molecule has 0 atom stereocenters. The Labute approximate surface area is 117 Å². The molecule has 2 aromatic rings. The Bertz CT molecular complexity index is 585. The fourth-order valence-electron chi connectivity index (χ4n) is 1.99. The third kappa shape index (κ3) is 2.73. The highest BCUT2D eigenvalue weighted by molar-refractivity contribution is 7.99. The van der Waals surface area contributed by atoms with E-state index in [-0.39, 0.29) is 0 Å². The van der Waals surface area contributed by atoms with Gasteiger partial charge in [0.15, 0.2) is 5.16 Å². The monoisotopic (exact) mass is 271 g/mol. The van der Waals surface area contributed by atoms with Crippen LogP contribution in [0.4, 0.5) is 0 Å². The van der Waals surface area contributed by atoms with E-state index in [1.165, 1.54) is 12.8 Å². The lowest BCUT2D eigenvalue weighted by Crippen LogP contribution is -2.01. The minimum atomic E-state index is 0.590. The van der Waals surface area contributed by atoms with Gasteiger partial charge in [0.1, 0.15) is 5.82 Å². The van der Waals surface area contributed by atoms with Crippen LogP contribution in [0, 0.1) is 0 Å². The van der Waals surface area contributed by atoms with Gasteiger partial charge in [0.2, 0.25) is 0 Å². The summed E-state index contributed by atoms with van der Waals surface area (Å²) in [5.74, 6) is 2.58. The molecule has 0 saturated heterocycles. The van der Waals surface area contributed by atoms with Crippen molar-refractivity contribution in [1.29, 1.82) is 0 Å². The largest absolute Gasteiger partial charge is 0.274 e. The van der Waals surface area contributed by atoms with E-state index in [0.717, 1.165) is 28.0 Å². The fourth-order valence-corrected chi connectivity index (χ4v) is 2.79. The van der Waals surface area contributed by atoms with Gasteiger partial charge in [-0.05, 0) is 31.9 Å². The van der Waals surface area contributed by atoms with Crippen LogP contribution in [0.25, 0.3) is 5.69 Å². The first-order chi connectivity index (χ1) is 9.25. The van der Waals surface area contributed by atoms with E-state index in [2.05, 4.69) is 45.6 Å². The Hall–Kier alpha value is -1.55. The molecule has 4 heteroatoms. The average Bonchev–Trinajstić information content (AvgIpc) is 3.17. The summed E-state index contributed by atoms with van der Waals surface area (Å²) in [6.07, 6.45) is 2.46. The molecule has 3 nitrogen and oxygen atoms in total. The van der Waals surface area contributed by atoms with Crippen molar-refractivity contribution in [2.24, 2.45) is 0 Å². The molecule has 1 heterocycles. The van der Waals surface area contributed by atoms with E-state index >= 15 is 0 Å². The molecule has 1 aromatic carbocycles. The molecule has 3 rings (SSSR count). The van der Waals surface area contributed by atoms with Gasteiger partial charge in [-0.15, -0.1) is 10.2 Å². The lowest BCUT2D eigenvalue weighted by molar-refractivity contribution is 0.830. The number of hydrogen-bond donors (Lipinski definition) is 0. The van der Waals surface area contributed by atoms with Crippen LogP contribution in [-0.4, -0.2) is 20.5 Å². The van der Waals surface area contributed by atoms with Crippen LogP contribution >= 0.6 is 11.8 Å². The van der Waals surface area contributed by atoms with Crippen LogP contribution < -0.4 is 0 Å². The topological polar surface area (TPSA) is 30.7 Å². The highest BCUT2D eigenvalue weighted by Gasteiger charge is 2.30. The quantitative estimate of drug-likeness (QED) is 0.612. The number of rotatable bonds is 5. The van der Waals surface area contributed by atoms with Crippen LogP contribution in [0.1, 0.15) is 31.5 Å². The summed E-state index contributed by atoms with van der Waals surface area (Å²) >= 11 is 1.71. The Morgan fingerprint density at radius 1 is 1.32 bits per heavy atom. The van der Waals surface area contributed by atoms with Gasteiger partial charge in [-0.25, -0.2) is 0 Å². The summed E-state index contributed by atoms with van der Waals surface area (Å²) < 4.78 is 2.20. The second-order valence-electron chi connectivity index (χ2n) is 5.03. The Morgan fingerprint density at radius 2 is 2.05 bits per heavy atom. The Balaban J connectivity index is 1.98. The van der Waals surface area contributed by atoms with Gasteiger partial charge in [-0.3, -0.25) is 4.57 Å². The Morgan fingerprint density at radius 3 is 2.68 bits per heavy atom. The number of para-hydroxylation sites is 1. The predicted molar refractivity (Wildman–Crippen MR) is 78.9 cm³/mol. The van der Waals surface area contributed by atoms with Gasteiger partial charge in [-0.2, -0.15) is 0 Å². The third-order valence-corrected chi connectivity index (χ3v) is 4.22. The minimum absolute atomic E-state index is 0.590. The van der Waals surface area contributed by atoms with Crippen LogP contribution in [0.5, 0.6) is 0 Å². The van der Waals surface area contributed by atoms with Crippen molar-refractivity contribution in [3.63, 3.8) is 0 Å². The van der Waals surface area contributed by atoms with Crippen molar-refractivity contribution in [2.75, 3.05) is 5.75 Å². The fraction of sp³-hybridized carbons (Fsp3) is 0.333. The second-order valence-corrected chi connectivity index (χ2v) is 5.97. The molecule has 1 saturated carbocycles. The summed E-state index contributed by atoms with van der Waals surface area (Å²) in [5.41, 5.74) is 2.30. The van der Waals surface area contributed by atoms with Crippen molar-refractivity contribution in [3.8, 4) is 5.69 Å². The summed E-state index contributed by atoms with van der Waals surface area (Å²) in [7, 11) is 0. The first-order valence-electron chi connectivity index (χ1n) is 6.53. The molecule has 0 amide bonds. The SMILES string of the molecule is C=C(C)CSc1nnc(C2CC2)n1-c1ccccc1. The minimum Gasteiger partial charge on any atom is -0.274 e. The number of hydrogen-bond acceptors (Lipinski definition) is 3. The molecule has 1 aliphatic rings. The van der Waals surface area contributed by atoms with E-state index in [1.807, 2.05) is 13.0 Å². The highest BCUT2D eigenvalue weighted by Crippen LogP contribution is 2.41. The van der Waals surface area contributed by atoms with Crippen LogP contribution in [0.15, 0.2) is 47.6 Å². The first kappa shape index (κ1) is 12.5. The summed E-state index contributed by atoms with van der Waals surface area (Å²) in [5, 5.41) is 9.72. The Kier molecular flexibility index (Phi) is 3.42. The van der Waals surface area contributed by atoms with Crippen molar-refractivity contribution >= 4 is 11.8 Å². The maximum absolute atomic E-state index is 4.39. The first-order valence-corrected chi connectivity index (χ1v) is 7.52. The van der Waals surface area contributed by atoms with E-state index in [9.17, 15) is 0 Å². The molecule has 0 N–H and O–H groups in total. The molecule has 0 aliphatic heterocycles. The summed E-state index contributed by atoms with van der Waals surface area (Å²) in [6.45, 7) is 5.99. The van der Waals surface area contributed by atoms with E-state index < -0.39 is 0 Å². The molecule has 0 bridgehead atoms. The highest BCUT2D eigenvalue weighted by atomic mass is 32.2. The van der Waals surface area contributed by atoms with Gasteiger partial charge in [0, 0.05) is 17.4 Å². The van der Waals surface area contributed by atoms with Gasteiger partial charge in [-0.1, -0.05) is 42.1 Å². The van der Waals surface area contributed by atoms with Crippen molar-refractivity contribution in [2.45, 2.75) is 30.8 Å². The number of thioether (sulfide) groups is 1. The van der Waals surface area contributed by atoms with Gasteiger partial charge >= 0.3 is 0 Å². The van der Waals surface area contributed by atoms with Crippen LogP contribution in [0.3, 0.4) is 0 Å².